The van der Waals surface area contributed by atoms with E-state index in [2.05, 4.69) is 45.0 Å². The lowest BCUT2D eigenvalue weighted by molar-refractivity contribution is -0.923. The molecule has 2 aromatic rings. The largest absolute Gasteiger partial charge is 0.459 e. The summed E-state index contributed by atoms with van der Waals surface area (Å²) in [6, 6.07) is 20.4. The van der Waals surface area contributed by atoms with Crippen LogP contribution < -0.4 is 0 Å². The van der Waals surface area contributed by atoms with Crippen LogP contribution in [0.2, 0.25) is 0 Å². The molecule has 3 heteroatoms. The molecule has 2 rings (SSSR count). The predicted molar refractivity (Wildman–Crippen MR) is 111 cm³/mol. The lowest BCUT2D eigenvalue weighted by Crippen LogP contribution is -2.49. The molecule has 3 nitrogen and oxygen atoms in total. The Balaban J connectivity index is 2.02. The van der Waals surface area contributed by atoms with Gasteiger partial charge < -0.3 is 9.22 Å². The summed E-state index contributed by atoms with van der Waals surface area (Å²) in [6.07, 6.45) is 1.42. The first-order valence-corrected chi connectivity index (χ1v) is 10.2. The molecule has 0 aliphatic carbocycles. The summed E-state index contributed by atoms with van der Waals surface area (Å²) < 4.78 is 6.75. The maximum atomic E-state index is 12.9. The third-order valence-electron chi connectivity index (χ3n) is 5.81. The van der Waals surface area contributed by atoms with Crippen LogP contribution in [-0.2, 0) is 22.4 Å². The molecule has 0 saturated heterocycles. The standard InChI is InChI=1S/C24H34NO2/c1-4-25(5-2,6-3)17-18-27-24(26)23(19-21-13-9-7-10-14-21)20-22-15-11-8-12-16-22/h7-16,23H,4-6,17-20H2,1-3H3/q+1. The van der Waals surface area contributed by atoms with Gasteiger partial charge in [-0.25, -0.2) is 0 Å². The normalized spacial score (nSPS) is 11.6. The van der Waals surface area contributed by atoms with Crippen LogP contribution in [0.15, 0.2) is 60.7 Å². The summed E-state index contributed by atoms with van der Waals surface area (Å²) >= 11 is 0. The van der Waals surface area contributed by atoms with Gasteiger partial charge in [0.15, 0.2) is 0 Å². The smallest absolute Gasteiger partial charge is 0.309 e. The van der Waals surface area contributed by atoms with Crippen LogP contribution in [0.4, 0.5) is 0 Å². The van der Waals surface area contributed by atoms with Crippen molar-refractivity contribution >= 4 is 5.97 Å². The third-order valence-corrected chi connectivity index (χ3v) is 5.81. The van der Waals surface area contributed by atoms with Gasteiger partial charge in [-0.3, -0.25) is 4.79 Å². The molecule has 0 N–H and O–H groups in total. The molecular weight excluding hydrogens is 334 g/mol. The number of hydrogen-bond acceptors (Lipinski definition) is 2. The molecule has 0 aliphatic heterocycles. The summed E-state index contributed by atoms with van der Waals surface area (Å²) in [5.74, 6) is -0.231. The third kappa shape index (κ3) is 6.51. The molecule has 0 radical (unpaired) electrons. The van der Waals surface area contributed by atoms with Crippen molar-refractivity contribution in [2.75, 3.05) is 32.8 Å². The number of carbonyl (C=O) groups excluding carboxylic acids is 1. The second-order valence-electron chi connectivity index (χ2n) is 7.26. The van der Waals surface area contributed by atoms with E-state index in [1.807, 2.05) is 36.4 Å². The van der Waals surface area contributed by atoms with Crippen molar-refractivity contribution < 1.29 is 14.0 Å². The van der Waals surface area contributed by atoms with Crippen LogP contribution in [-0.4, -0.2) is 43.2 Å². The molecule has 0 bridgehead atoms. The number of likely N-dealkylation sites (N-methyl/N-ethyl adjacent to an activating group) is 1. The van der Waals surface area contributed by atoms with Gasteiger partial charge in [0.2, 0.25) is 0 Å². The van der Waals surface area contributed by atoms with Crippen LogP contribution in [0.3, 0.4) is 0 Å². The molecule has 0 unspecified atom stereocenters. The fourth-order valence-electron chi connectivity index (χ4n) is 3.64. The van der Waals surface area contributed by atoms with Crippen LogP contribution in [0.1, 0.15) is 31.9 Å². The molecule has 2 aromatic carbocycles. The van der Waals surface area contributed by atoms with Crippen LogP contribution in [0.5, 0.6) is 0 Å². The summed E-state index contributed by atoms with van der Waals surface area (Å²) in [5, 5.41) is 0. The molecule has 0 aromatic heterocycles. The van der Waals surface area contributed by atoms with Gasteiger partial charge in [-0.15, -0.1) is 0 Å². The molecular formula is C24H34NO2+. The number of carbonyl (C=O) groups is 1. The first-order chi connectivity index (χ1) is 13.1. The van der Waals surface area contributed by atoms with Crippen molar-refractivity contribution in [3.05, 3.63) is 71.8 Å². The van der Waals surface area contributed by atoms with Crippen LogP contribution in [0, 0.1) is 5.92 Å². The monoisotopic (exact) mass is 368 g/mol. The van der Waals surface area contributed by atoms with Gasteiger partial charge in [-0.2, -0.15) is 0 Å². The molecule has 0 amide bonds. The minimum atomic E-state index is -0.151. The maximum Gasteiger partial charge on any atom is 0.309 e. The minimum absolute atomic E-state index is 0.0795. The highest BCUT2D eigenvalue weighted by molar-refractivity contribution is 5.73. The van der Waals surface area contributed by atoms with Gasteiger partial charge in [-0.1, -0.05) is 60.7 Å². The molecule has 146 valence electrons. The predicted octanol–water partition coefficient (Wildman–Crippen LogP) is 4.51. The average molecular weight is 369 g/mol. The number of quaternary nitrogens is 1. The second kappa shape index (κ2) is 10.9. The number of hydrogen-bond donors (Lipinski definition) is 0. The zero-order chi connectivity index (χ0) is 19.5. The Morgan fingerprint density at radius 1 is 0.815 bits per heavy atom. The molecule has 0 aliphatic rings. The Labute approximate surface area is 164 Å². The summed E-state index contributed by atoms with van der Waals surface area (Å²) in [4.78, 5) is 12.9. The molecule has 0 fully saturated rings. The Morgan fingerprint density at radius 2 is 1.26 bits per heavy atom. The van der Waals surface area contributed by atoms with Gasteiger partial charge >= 0.3 is 5.97 Å². The highest BCUT2D eigenvalue weighted by Crippen LogP contribution is 2.17. The number of esters is 1. The fraction of sp³-hybridized carbons (Fsp3) is 0.458. The van der Waals surface area contributed by atoms with E-state index in [1.165, 1.54) is 11.1 Å². The van der Waals surface area contributed by atoms with Gasteiger partial charge in [-0.05, 0) is 44.7 Å². The van der Waals surface area contributed by atoms with E-state index in [-0.39, 0.29) is 11.9 Å². The number of rotatable bonds is 11. The average Bonchev–Trinajstić information content (AvgIpc) is 2.72. The molecule has 0 saturated carbocycles. The van der Waals surface area contributed by atoms with Gasteiger partial charge in [0, 0.05) is 0 Å². The van der Waals surface area contributed by atoms with Gasteiger partial charge in [0.25, 0.3) is 0 Å². The van der Waals surface area contributed by atoms with E-state index in [9.17, 15) is 4.79 Å². The molecule has 0 atom stereocenters. The summed E-state index contributed by atoms with van der Waals surface area (Å²) in [5.41, 5.74) is 2.35. The number of ether oxygens (including phenoxy) is 1. The van der Waals surface area contributed by atoms with Gasteiger partial charge in [0.05, 0.1) is 25.6 Å². The van der Waals surface area contributed by atoms with Crippen molar-refractivity contribution in [1.29, 1.82) is 0 Å². The van der Waals surface area contributed by atoms with Crippen molar-refractivity contribution in [3.63, 3.8) is 0 Å². The van der Waals surface area contributed by atoms with Crippen molar-refractivity contribution in [2.45, 2.75) is 33.6 Å². The van der Waals surface area contributed by atoms with E-state index >= 15 is 0 Å². The topological polar surface area (TPSA) is 26.3 Å². The summed E-state index contributed by atoms with van der Waals surface area (Å²) in [7, 11) is 0. The Bertz CT molecular complexity index is 616. The zero-order valence-electron chi connectivity index (χ0n) is 17.1. The second-order valence-corrected chi connectivity index (χ2v) is 7.26. The zero-order valence-corrected chi connectivity index (χ0v) is 17.1. The minimum Gasteiger partial charge on any atom is -0.459 e. The Kier molecular flexibility index (Phi) is 8.53. The highest BCUT2D eigenvalue weighted by Gasteiger charge is 2.24. The van der Waals surface area contributed by atoms with Crippen LogP contribution in [0.25, 0.3) is 0 Å². The summed E-state index contributed by atoms with van der Waals surface area (Å²) in [6.45, 7) is 11.2. The molecule has 27 heavy (non-hydrogen) atoms. The lowest BCUT2D eigenvalue weighted by Gasteiger charge is -2.35. The lowest BCUT2D eigenvalue weighted by atomic mass is 9.92. The first kappa shape index (κ1) is 21.2. The number of benzene rings is 2. The van der Waals surface area contributed by atoms with E-state index in [4.69, 9.17) is 4.74 Å². The quantitative estimate of drug-likeness (QED) is 0.431. The SMILES string of the molecule is CC[N+](CC)(CC)CCOC(=O)C(Cc1ccccc1)Cc1ccccc1. The van der Waals surface area contributed by atoms with E-state index in [0.29, 0.717) is 19.4 Å². The van der Waals surface area contributed by atoms with Gasteiger partial charge in [0.1, 0.15) is 13.2 Å². The highest BCUT2D eigenvalue weighted by atomic mass is 16.5. The van der Waals surface area contributed by atoms with Crippen molar-refractivity contribution in [1.82, 2.24) is 0 Å². The van der Waals surface area contributed by atoms with Crippen molar-refractivity contribution in [3.8, 4) is 0 Å². The fourth-order valence-corrected chi connectivity index (χ4v) is 3.64. The molecule has 0 heterocycles. The van der Waals surface area contributed by atoms with E-state index < -0.39 is 0 Å². The van der Waals surface area contributed by atoms with Crippen LogP contribution >= 0.6 is 0 Å². The van der Waals surface area contributed by atoms with Crippen molar-refractivity contribution in [2.24, 2.45) is 5.92 Å². The Morgan fingerprint density at radius 3 is 1.67 bits per heavy atom. The Hall–Kier alpha value is -2.13. The van der Waals surface area contributed by atoms with E-state index in [0.717, 1.165) is 30.7 Å². The first-order valence-electron chi connectivity index (χ1n) is 10.2. The number of nitrogens with zero attached hydrogens (tertiary/aromatic N) is 1. The van der Waals surface area contributed by atoms with E-state index in [1.54, 1.807) is 0 Å². The maximum absolute atomic E-state index is 12.9. The molecule has 0 spiro atoms.